The number of unbranched alkanes of at least 4 members (excludes halogenated alkanes) is 1. The zero-order valence-electron chi connectivity index (χ0n) is 21.2. The van der Waals surface area contributed by atoms with E-state index in [9.17, 15) is 18.0 Å². The number of benzene rings is 2. The Kier molecular flexibility index (Phi) is 8.87. The lowest BCUT2D eigenvalue weighted by Crippen LogP contribution is -2.40. The van der Waals surface area contributed by atoms with Gasteiger partial charge in [0.25, 0.3) is 15.9 Å². The van der Waals surface area contributed by atoms with E-state index in [2.05, 4.69) is 0 Å². The van der Waals surface area contributed by atoms with Crippen LogP contribution in [-0.2, 0) is 31.3 Å². The van der Waals surface area contributed by atoms with Crippen molar-refractivity contribution >= 4 is 61.7 Å². The van der Waals surface area contributed by atoms with Gasteiger partial charge in [0, 0.05) is 41.8 Å². The minimum atomic E-state index is -4.27. The van der Waals surface area contributed by atoms with E-state index in [4.69, 9.17) is 32.7 Å². The highest BCUT2D eigenvalue weighted by Crippen LogP contribution is 2.32. The van der Waals surface area contributed by atoms with E-state index < -0.39 is 22.5 Å². The number of anilines is 1. The first kappa shape index (κ1) is 28.2. The Labute approximate surface area is 231 Å². The Hall–Kier alpha value is -2.79. The topological polar surface area (TPSA) is 98.1 Å². The van der Waals surface area contributed by atoms with Crippen molar-refractivity contribution in [2.24, 2.45) is 7.05 Å². The number of aryl methyl sites for hydroxylation is 1. The van der Waals surface area contributed by atoms with Gasteiger partial charge < -0.3 is 18.9 Å². The molecule has 1 amide bonds. The number of rotatable bonds is 9. The molecular weight excluding hydrogens is 553 g/mol. The van der Waals surface area contributed by atoms with Crippen LogP contribution in [0.3, 0.4) is 0 Å². The Bertz CT molecular complexity index is 1430. The predicted octanol–water partition coefficient (Wildman–Crippen LogP) is 4.50. The fourth-order valence-electron chi connectivity index (χ4n) is 4.25. The number of nitrogens with zero attached hydrogens (tertiary/aromatic N) is 3. The summed E-state index contributed by atoms with van der Waals surface area (Å²) in [6, 6.07) is 8.87. The van der Waals surface area contributed by atoms with Crippen molar-refractivity contribution < 1.29 is 27.5 Å². The van der Waals surface area contributed by atoms with E-state index in [1.54, 1.807) is 40.9 Å². The van der Waals surface area contributed by atoms with Crippen molar-refractivity contribution in [2.45, 2.75) is 24.7 Å². The smallest absolute Gasteiger partial charge is 0.326 e. The second-order valence-electron chi connectivity index (χ2n) is 8.95. The Balaban J connectivity index is 1.75. The fraction of sp³-hybridized carbons (Fsp3) is 0.385. The minimum absolute atomic E-state index is 0.121. The summed E-state index contributed by atoms with van der Waals surface area (Å²) in [6.07, 6.45) is 3.21. The predicted molar refractivity (Wildman–Crippen MR) is 147 cm³/mol. The van der Waals surface area contributed by atoms with Crippen LogP contribution in [0.25, 0.3) is 10.9 Å². The van der Waals surface area contributed by atoms with Gasteiger partial charge in [-0.25, -0.2) is 8.42 Å². The number of esters is 1. The molecule has 0 unspecified atom stereocenters. The SMILES string of the molecule is CCCCOC(=O)CN(c1ccc2c(C(=O)N3CCOCC3)cn(C)c2c1)S(=O)(=O)c1cc(Cl)cc(Cl)c1. The highest BCUT2D eigenvalue weighted by Gasteiger charge is 2.30. The van der Waals surface area contributed by atoms with Crippen molar-refractivity contribution in [3.05, 3.63) is 58.2 Å². The Morgan fingerprint density at radius 2 is 1.76 bits per heavy atom. The quantitative estimate of drug-likeness (QED) is 0.272. The van der Waals surface area contributed by atoms with E-state index in [0.29, 0.717) is 49.2 Å². The van der Waals surface area contributed by atoms with Crippen LogP contribution in [0.15, 0.2) is 47.5 Å². The number of ether oxygens (including phenoxy) is 2. The second kappa shape index (κ2) is 11.9. The molecular formula is C26H29Cl2N3O6S. The minimum Gasteiger partial charge on any atom is -0.464 e. The lowest BCUT2D eigenvalue weighted by atomic mass is 10.1. The Morgan fingerprint density at radius 1 is 1.08 bits per heavy atom. The number of aromatic nitrogens is 1. The van der Waals surface area contributed by atoms with Gasteiger partial charge >= 0.3 is 5.97 Å². The molecule has 0 spiro atoms. The molecule has 1 fully saturated rings. The number of halogens is 2. The van der Waals surface area contributed by atoms with E-state index in [1.165, 1.54) is 18.2 Å². The van der Waals surface area contributed by atoms with Gasteiger partial charge in [-0.05, 0) is 42.8 Å². The first-order chi connectivity index (χ1) is 18.1. The van der Waals surface area contributed by atoms with Gasteiger partial charge in [0.15, 0.2) is 0 Å². The first-order valence-corrected chi connectivity index (χ1v) is 14.4. The third kappa shape index (κ3) is 6.09. The molecule has 38 heavy (non-hydrogen) atoms. The second-order valence-corrected chi connectivity index (χ2v) is 11.7. The van der Waals surface area contributed by atoms with Crippen molar-refractivity contribution in [3.8, 4) is 0 Å². The summed E-state index contributed by atoms with van der Waals surface area (Å²) in [5.74, 6) is -0.811. The van der Waals surface area contributed by atoms with E-state index in [-0.39, 0.29) is 33.1 Å². The van der Waals surface area contributed by atoms with Crippen molar-refractivity contribution in [1.29, 1.82) is 0 Å². The highest BCUT2D eigenvalue weighted by molar-refractivity contribution is 7.92. The first-order valence-electron chi connectivity index (χ1n) is 12.2. The van der Waals surface area contributed by atoms with Crippen LogP contribution in [0.1, 0.15) is 30.1 Å². The average Bonchev–Trinajstić information content (AvgIpc) is 3.22. The molecule has 0 atom stereocenters. The van der Waals surface area contributed by atoms with Gasteiger partial charge in [-0.2, -0.15) is 0 Å². The molecule has 12 heteroatoms. The third-order valence-electron chi connectivity index (χ3n) is 6.25. The molecule has 1 aromatic heterocycles. The number of amides is 1. The van der Waals surface area contributed by atoms with Gasteiger partial charge in [0.05, 0.1) is 41.5 Å². The van der Waals surface area contributed by atoms with E-state index in [0.717, 1.165) is 10.7 Å². The standard InChI is InChI=1S/C26H29Cl2N3O6S/c1-3-4-9-37-25(32)17-31(38(34,35)21-13-18(27)12-19(28)14-21)20-5-6-22-23(16-29(2)24(22)15-20)26(33)30-7-10-36-11-8-30/h5-6,12-16H,3-4,7-11,17H2,1-2H3. The van der Waals surface area contributed by atoms with Crippen molar-refractivity contribution in [2.75, 3.05) is 43.8 Å². The lowest BCUT2D eigenvalue weighted by Gasteiger charge is -2.26. The summed E-state index contributed by atoms with van der Waals surface area (Å²) in [7, 11) is -2.49. The number of sulfonamides is 1. The normalized spacial score (nSPS) is 14.1. The van der Waals surface area contributed by atoms with E-state index >= 15 is 0 Å². The van der Waals surface area contributed by atoms with Crippen LogP contribution in [0, 0.1) is 0 Å². The van der Waals surface area contributed by atoms with Crippen LogP contribution in [0.2, 0.25) is 10.0 Å². The van der Waals surface area contributed by atoms with E-state index in [1.807, 2.05) is 6.92 Å². The average molecular weight is 583 g/mol. The maximum atomic E-state index is 13.8. The maximum absolute atomic E-state index is 13.8. The van der Waals surface area contributed by atoms with Crippen LogP contribution in [-0.4, -0.2) is 69.2 Å². The molecule has 2 heterocycles. The highest BCUT2D eigenvalue weighted by atomic mass is 35.5. The van der Waals surface area contributed by atoms with Gasteiger partial charge in [-0.1, -0.05) is 36.5 Å². The summed E-state index contributed by atoms with van der Waals surface area (Å²) in [5.41, 5.74) is 1.36. The molecule has 1 aliphatic heterocycles. The van der Waals surface area contributed by atoms with Crippen LogP contribution >= 0.6 is 23.2 Å². The molecule has 3 aromatic rings. The monoisotopic (exact) mass is 581 g/mol. The maximum Gasteiger partial charge on any atom is 0.326 e. The zero-order valence-corrected chi connectivity index (χ0v) is 23.5. The molecule has 0 N–H and O–H groups in total. The molecule has 0 saturated carbocycles. The molecule has 0 aliphatic carbocycles. The number of morpholine rings is 1. The molecule has 0 bridgehead atoms. The molecule has 4 rings (SSSR count). The Morgan fingerprint density at radius 3 is 2.42 bits per heavy atom. The lowest BCUT2D eigenvalue weighted by molar-refractivity contribution is -0.141. The number of carbonyl (C=O) groups excluding carboxylic acids is 2. The summed E-state index contributed by atoms with van der Waals surface area (Å²) in [5, 5.41) is 0.956. The number of hydrogen-bond acceptors (Lipinski definition) is 6. The van der Waals surface area contributed by atoms with Crippen LogP contribution in [0.5, 0.6) is 0 Å². The fourth-order valence-corrected chi connectivity index (χ4v) is 6.38. The van der Waals surface area contributed by atoms with Crippen LogP contribution < -0.4 is 4.31 Å². The number of carbonyl (C=O) groups is 2. The summed E-state index contributed by atoms with van der Waals surface area (Å²) < 4.78 is 40.9. The van der Waals surface area contributed by atoms with Crippen molar-refractivity contribution in [1.82, 2.24) is 9.47 Å². The molecule has 0 radical (unpaired) electrons. The van der Waals surface area contributed by atoms with Crippen molar-refractivity contribution in [3.63, 3.8) is 0 Å². The largest absolute Gasteiger partial charge is 0.464 e. The summed E-state index contributed by atoms with van der Waals surface area (Å²) in [6.45, 7) is 3.57. The van der Waals surface area contributed by atoms with Gasteiger partial charge in [0.2, 0.25) is 0 Å². The van der Waals surface area contributed by atoms with Gasteiger partial charge in [-0.3, -0.25) is 13.9 Å². The van der Waals surface area contributed by atoms with Gasteiger partial charge in [0.1, 0.15) is 6.54 Å². The molecule has 9 nitrogen and oxygen atoms in total. The molecule has 204 valence electrons. The summed E-state index contributed by atoms with van der Waals surface area (Å²) >= 11 is 12.2. The summed E-state index contributed by atoms with van der Waals surface area (Å²) in [4.78, 5) is 27.4. The molecule has 1 saturated heterocycles. The van der Waals surface area contributed by atoms with Gasteiger partial charge in [-0.15, -0.1) is 0 Å². The zero-order chi connectivity index (χ0) is 27.4. The van der Waals surface area contributed by atoms with Crippen LogP contribution in [0.4, 0.5) is 5.69 Å². The number of hydrogen-bond donors (Lipinski definition) is 0. The third-order valence-corrected chi connectivity index (χ3v) is 8.44. The molecule has 2 aromatic carbocycles. The number of fused-ring (bicyclic) bond motifs is 1. The molecule has 1 aliphatic rings.